The Morgan fingerprint density at radius 3 is 2.65 bits per heavy atom. The largest absolute Gasteiger partial charge is 0.345 e. The van der Waals surface area contributed by atoms with E-state index in [1.165, 1.54) is 9.60 Å². The minimum atomic E-state index is 0.0160. The van der Waals surface area contributed by atoms with E-state index in [1.54, 1.807) is 27.8 Å². The molecule has 26 heavy (non-hydrogen) atoms. The van der Waals surface area contributed by atoms with Gasteiger partial charge in [-0.15, -0.1) is 11.8 Å². The van der Waals surface area contributed by atoms with E-state index in [9.17, 15) is 4.79 Å². The minimum Gasteiger partial charge on any atom is -0.345 e. The molecule has 3 aromatic rings. The maximum atomic E-state index is 12.6. The molecule has 1 aromatic carbocycles. The molecule has 2 aromatic heterocycles. The first-order valence-electron chi connectivity index (χ1n) is 8.55. The molecule has 0 bridgehead atoms. The van der Waals surface area contributed by atoms with Crippen LogP contribution in [0.3, 0.4) is 0 Å². The van der Waals surface area contributed by atoms with Crippen LogP contribution in [0.15, 0.2) is 29.2 Å². The Morgan fingerprint density at radius 1 is 1.23 bits per heavy atom. The molecule has 136 valence electrons. The summed E-state index contributed by atoms with van der Waals surface area (Å²) in [6.45, 7) is 4.94. The Bertz CT molecular complexity index is 936. The summed E-state index contributed by atoms with van der Waals surface area (Å²) in [5.41, 5.74) is 2.61. The molecule has 0 saturated carbocycles. The number of fused-ring (bicyclic) bond motifs is 1. The van der Waals surface area contributed by atoms with E-state index in [0.29, 0.717) is 18.8 Å². The molecular weight excluding hydrogens is 366 g/mol. The average molecular weight is 388 g/mol. The van der Waals surface area contributed by atoms with Crippen LogP contribution in [0.5, 0.6) is 0 Å². The van der Waals surface area contributed by atoms with Crippen LogP contribution in [0, 0.1) is 6.92 Å². The van der Waals surface area contributed by atoms with Gasteiger partial charge in [0.25, 0.3) is 5.91 Å². The van der Waals surface area contributed by atoms with Crippen LogP contribution in [0.25, 0.3) is 10.2 Å². The predicted molar refractivity (Wildman–Crippen MR) is 107 cm³/mol. The summed E-state index contributed by atoms with van der Waals surface area (Å²) in [6, 6.07) is 8.18. The first-order valence-corrected chi connectivity index (χ1v) is 10.6. The second-order valence-electron chi connectivity index (χ2n) is 6.38. The zero-order valence-electron chi connectivity index (χ0n) is 15.1. The molecule has 1 aliphatic rings. The first kappa shape index (κ1) is 17.4. The number of hydrogen-bond acceptors (Lipinski definition) is 6. The van der Waals surface area contributed by atoms with Crippen LogP contribution < -0.4 is 4.90 Å². The molecule has 3 heterocycles. The molecule has 1 aliphatic heterocycles. The molecule has 0 unspecified atom stereocenters. The molecule has 0 atom stereocenters. The van der Waals surface area contributed by atoms with Gasteiger partial charge in [0.2, 0.25) is 0 Å². The number of carbonyl (C=O) groups excluding carboxylic acids is 1. The summed E-state index contributed by atoms with van der Waals surface area (Å²) in [5.74, 6) is 0.0160. The van der Waals surface area contributed by atoms with Crippen molar-refractivity contribution in [2.45, 2.75) is 11.8 Å². The number of thioether (sulfide) groups is 1. The molecule has 0 N–H and O–H groups in total. The predicted octanol–water partition coefficient (Wildman–Crippen LogP) is 3.02. The SMILES string of the molecule is CSc1cccc2sc(N3CCN(C(=O)c4cc(C)n(C)n4)CC3)nc12. The summed E-state index contributed by atoms with van der Waals surface area (Å²) < 4.78 is 2.96. The van der Waals surface area contributed by atoms with Crippen molar-refractivity contribution < 1.29 is 4.79 Å². The number of anilines is 1. The lowest BCUT2D eigenvalue weighted by molar-refractivity contribution is 0.0740. The quantitative estimate of drug-likeness (QED) is 0.647. The van der Waals surface area contributed by atoms with Crippen LogP contribution >= 0.6 is 23.1 Å². The molecule has 1 fully saturated rings. The fraction of sp³-hybridized carbons (Fsp3) is 0.389. The van der Waals surface area contributed by atoms with Gasteiger partial charge < -0.3 is 9.80 Å². The van der Waals surface area contributed by atoms with E-state index in [4.69, 9.17) is 4.98 Å². The Kier molecular flexibility index (Phi) is 4.62. The molecular formula is C18H21N5OS2. The number of para-hydroxylation sites is 1. The van der Waals surface area contributed by atoms with Crippen molar-refractivity contribution in [3.05, 3.63) is 35.7 Å². The van der Waals surface area contributed by atoms with Crippen molar-refractivity contribution in [3.63, 3.8) is 0 Å². The lowest BCUT2D eigenvalue weighted by Gasteiger charge is -2.34. The number of piperazine rings is 1. The fourth-order valence-electron chi connectivity index (χ4n) is 3.14. The van der Waals surface area contributed by atoms with Gasteiger partial charge in [-0.25, -0.2) is 4.98 Å². The second kappa shape index (κ2) is 6.92. The topological polar surface area (TPSA) is 54.3 Å². The van der Waals surface area contributed by atoms with Gasteiger partial charge in [-0.1, -0.05) is 17.4 Å². The zero-order valence-corrected chi connectivity index (χ0v) is 16.7. The van der Waals surface area contributed by atoms with Crippen molar-refractivity contribution in [1.29, 1.82) is 0 Å². The van der Waals surface area contributed by atoms with E-state index in [2.05, 4.69) is 34.5 Å². The highest BCUT2D eigenvalue weighted by Crippen LogP contribution is 2.34. The third kappa shape index (κ3) is 3.07. The smallest absolute Gasteiger partial charge is 0.274 e. The van der Waals surface area contributed by atoms with Gasteiger partial charge in [0, 0.05) is 43.8 Å². The second-order valence-corrected chi connectivity index (χ2v) is 8.23. The lowest BCUT2D eigenvalue weighted by Crippen LogP contribution is -2.48. The summed E-state index contributed by atoms with van der Waals surface area (Å²) in [4.78, 5) is 22.9. The number of nitrogens with zero attached hydrogens (tertiary/aromatic N) is 5. The van der Waals surface area contributed by atoms with Crippen LogP contribution in [0.1, 0.15) is 16.2 Å². The number of hydrogen-bond donors (Lipinski definition) is 0. The van der Waals surface area contributed by atoms with Crippen LogP contribution in [-0.2, 0) is 7.05 Å². The van der Waals surface area contributed by atoms with Gasteiger partial charge in [0.05, 0.1) is 10.2 Å². The highest BCUT2D eigenvalue weighted by atomic mass is 32.2. The maximum absolute atomic E-state index is 12.6. The number of carbonyl (C=O) groups is 1. The van der Waals surface area contributed by atoms with Crippen LogP contribution in [0.2, 0.25) is 0 Å². The monoisotopic (exact) mass is 387 g/mol. The van der Waals surface area contributed by atoms with Gasteiger partial charge in [-0.2, -0.15) is 5.10 Å². The first-order chi connectivity index (χ1) is 12.6. The Morgan fingerprint density at radius 2 is 2.00 bits per heavy atom. The van der Waals surface area contributed by atoms with Gasteiger partial charge in [-0.3, -0.25) is 9.48 Å². The Labute approximate surface area is 160 Å². The van der Waals surface area contributed by atoms with E-state index >= 15 is 0 Å². The molecule has 0 aliphatic carbocycles. The van der Waals surface area contributed by atoms with Crippen molar-refractivity contribution in [1.82, 2.24) is 19.7 Å². The minimum absolute atomic E-state index is 0.0160. The maximum Gasteiger partial charge on any atom is 0.274 e. The van der Waals surface area contributed by atoms with Gasteiger partial charge >= 0.3 is 0 Å². The van der Waals surface area contributed by atoms with Gasteiger partial charge in [-0.05, 0) is 31.4 Å². The van der Waals surface area contributed by atoms with Gasteiger partial charge in [0.15, 0.2) is 10.8 Å². The van der Waals surface area contributed by atoms with Crippen LogP contribution in [-0.4, -0.2) is 58.0 Å². The molecule has 0 spiro atoms. The number of rotatable bonds is 3. The molecule has 1 amide bonds. The molecule has 0 radical (unpaired) electrons. The van der Waals surface area contributed by atoms with E-state index < -0.39 is 0 Å². The number of aromatic nitrogens is 3. The number of amides is 1. The number of benzene rings is 1. The standard InChI is InChI=1S/C18H21N5OS2/c1-12-11-13(20-21(12)2)17(24)22-7-9-23(10-8-22)18-19-16-14(25-3)5-4-6-15(16)26-18/h4-6,11H,7-10H2,1-3H3. The van der Waals surface area contributed by atoms with E-state index in [-0.39, 0.29) is 5.91 Å². The average Bonchev–Trinajstić information content (AvgIpc) is 3.24. The zero-order chi connectivity index (χ0) is 18.3. The van der Waals surface area contributed by atoms with Crippen molar-refractivity contribution >= 4 is 44.4 Å². The highest BCUT2D eigenvalue weighted by Gasteiger charge is 2.25. The number of aryl methyl sites for hydroxylation is 2. The normalized spacial score (nSPS) is 15.0. The third-order valence-electron chi connectivity index (χ3n) is 4.76. The fourth-order valence-corrected chi connectivity index (χ4v) is 4.81. The van der Waals surface area contributed by atoms with E-state index in [1.807, 2.05) is 24.9 Å². The van der Waals surface area contributed by atoms with Crippen molar-refractivity contribution in [2.24, 2.45) is 7.05 Å². The molecule has 1 saturated heterocycles. The Balaban J connectivity index is 1.47. The third-order valence-corrected chi connectivity index (χ3v) is 6.61. The molecule has 4 rings (SSSR count). The number of thiazole rings is 1. The summed E-state index contributed by atoms with van der Waals surface area (Å²) in [7, 11) is 1.86. The van der Waals surface area contributed by atoms with Crippen molar-refractivity contribution in [3.8, 4) is 0 Å². The Hall–Kier alpha value is -2.06. The summed E-state index contributed by atoms with van der Waals surface area (Å²) in [5, 5.41) is 5.35. The highest BCUT2D eigenvalue weighted by molar-refractivity contribution is 7.98. The summed E-state index contributed by atoms with van der Waals surface area (Å²) >= 11 is 3.45. The molecule has 6 nitrogen and oxygen atoms in total. The van der Waals surface area contributed by atoms with E-state index in [0.717, 1.165) is 29.4 Å². The lowest BCUT2D eigenvalue weighted by atomic mass is 10.2. The van der Waals surface area contributed by atoms with Crippen molar-refractivity contribution in [2.75, 3.05) is 37.3 Å². The summed E-state index contributed by atoms with van der Waals surface area (Å²) in [6.07, 6.45) is 2.08. The molecule has 8 heteroatoms. The van der Waals surface area contributed by atoms with Gasteiger partial charge in [0.1, 0.15) is 0 Å². The van der Waals surface area contributed by atoms with Crippen LogP contribution in [0.4, 0.5) is 5.13 Å².